The smallest absolute Gasteiger partial charge is 0.326 e. The number of ether oxygens (including phenoxy) is 1. The van der Waals surface area contributed by atoms with E-state index >= 15 is 0 Å². The van der Waals surface area contributed by atoms with Gasteiger partial charge in [-0.05, 0) is 30.2 Å². The summed E-state index contributed by atoms with van der Waals surface area (Å²) in [4.78, 5) is 22.9. The van der Waals surface area contributed by atoms with E-state index in [0.717, 1.165) is 4.47 Å². The molecule has 0 saturated carbocycles. The van der Waals surface area contributed by atoms with Crippen molar-refractivity contribution in [2.24, 2.45) is 5.92 Å². The minimum absolute atomic E-state index is 0.112. The highest BCUT2D eigenvalue weighted by atomic mass is 79.9. The first kappa shape index (κ1) is 17.5. The molecule has 1 aromatic rings. The first-order chi connectivity index (χ1) is 9.93. The normalized spacial score (nSPS) is 13.3. The van der Waals surface area contributed by atoms with Crippen LogP contribution in [0.3, 0.4) is 0 Å². The van der Waals surface area contributed by atoms with Crippen LogP contribution in [0.4, 0.5) is 0 Å². The van der Waals surface area contributed by atoms with Gasteiger partial charge in [-0.25, -0.2) is 4.79 Å². The van der Waals surface area contributed by atoms with Gasteiger partial charge in [-0.1, -0.05) is 36.2 Å². The van der Waals surface area contributed by atoms with Crippen molar-refractivity contribution in [3.63, 3.8) is 0 Å². The first-order valence-electron chi connectivity index (χ1n) is 6.84. The van der Waals surface area contributed by atoms with Crippen molar-refractivity contribution in [2.75, 3.05) is 6.61 Å². The average Bonchev–Trinajstić information content (AvgIpc) is 2.45. The summed E-state index contributed by atoms with van der Waals surface area (Å²) in [5.74, 6) is -0.770. The molecule has 0 fully saturated rings. The van der Waals surface area contributed by atoms with Crippen molar-refractivity contribution in [1.82, 2.24) is 5.32 Å². The summed E-state index contributed by atoms with van der Waals surface area (Å²) in [6.45, 7) is 3.90. The highest BCUT2D eigenvalue weighted by molar-refractivity contribution is 9.10. The van der Waals surface area contributed by atoms with Gasteiger partial charge in [0.15, 0.2) is 0 Å². The number of hydrogen-bond acceptors (Lipinski definition) is 3. The molecule has 0 spiro atoms. The van der Waals surface area contributed by atoms with E-state index in [1.807, 2.05) is 19.1 Å². The first-order valence-corrected chi connectivity index (χ1v) is 7.63. The number of carbonyl (C=O) groups is 2. The van der Waals surface area contributed by atoms with E-state index < -0.39 is 12.0 Å². The Morgan fingerprint density at radius 3 is 2.48 bits per heavy atom. The molecule has 0 bridgehead atoms. The lowest BCUT2D eigenvalue weighted by Crippen LogP contribution is -2.45. The number of benzene rings is 1. The Bertz CT molecular complexity index is 475. The minimum Gasteiger partial charge on any atom is -0.493 e. The van der Waals surface area contributed by atoms with E-state index in [9.17, 15) is 9.59 Å². The van der Waals surface area contributed by atoms with E-state index in [2.05, 4.69) is 21.2 Å². The van der Waals surface area contributed by atoms with E-state index in [4.69, 9.17) is 9.84 Å². The SMILES string of the molecule is CC[C@H](C)[C@H](NC(=O)CCOc1ccc(Br)cc1)C(=O)O. The van der Waals surface area contributed by atoms with Crippen LogP contribution in [0.25, 0.3) is 0 Å². The van der Waals surface area contributed by atoms with E-state index in [1.54, 1.807) is 19.1 Å². The molecule has 116 valence electrons. The lowest BCUT2D eigenvalue weighted by atomic mass is 9.99. The summed E-state index contributed by atoms with van der Waals surface area (Å²) in [6.07, 6.45) is 0.808. The Balaban J connectivity index is 2.39. The zero-order chi connectivity index (χ0) is 15.8. The Labute approximate surface area is 132 Å². The molecule has 0 heterocycles. The van der Waals surface area contributed by atoms with Gasteiger partial charge >= 0.3 is 5.97 Å². The largest absolute Gasteiger partial charge is 0.493 e. The molecule has 1 rings (SSSR count). The molecule has 0 aliphatic heterocycles. The van der Waals surface area contributed by atoms with Crippen LogP contribution in [0.5, 0.6) is 5.75 Å². The lowest BCUT2D eigenvalue weighted by molar-refractivity contribution is -0.143. The van der Waals surface area contributed by atoms with Crippen LogP contribution in [0.1, 0.15) is 26.7 Å². The molecule has 5 nitrogen and oxygen atoms in total. The second-order valence-corrected chi connectivity index (χ2v) is 5.74. The quantitative estimate of drug-likeness (QED) is 0.749. The standard InChI is InChI=1S/C15H20BrNO4/c1-3-10(2)14(15(19)20)17-13(18)8-9-21-12-6-4-11(16)5-7-12/h4-7,10,14H,3,8-9H2,1-2H3,(H,17,18)(H,19,20)/t10-,14-/m0/s1. The lowest BCUT2D eigenvalue weighted by Gasteiger charge is -2.20. The molecule has 0 unspecified atom stereocenters. The number of nitrogens with one attached hydrogen (secondary N) is 1. The summed E-state index contributed by atoms with van der Waals surface area (Å²) in [5, 5.41) is 11.6. The fraction of sp³-hybridized carbons (Fsp3) is 0.467. The third-order valence-corrected chi connectivity index (χ3v) is 3.74. The maximum Gasteiger partial charge on any atom is 0.326 e. The van der Waals surface area contributed by atoms with Gasteiger partial charge in [0.25, 0.3) is 0 Å². The van der Waals surface area contributed by atoms with Crippen molar-refractivity contribution in [1.29, 1.82) is 0 Å². The summed E-state index contributed by atoms with van der Waals surface area (Å²) in [5.41, 5.74) is 0. The second kappa shape index (κ2) is 8.67. The number of halogens is 1. The second-order valence-electron chi connectivity index (χ2n) is 4.82. The fourth-order valence-electron chi connectivity index (χ4n) is 1.72. The minimum atomic E-state index is -1.01. The van der Waals surface area contributed by atoms with E-state index in [0.29, 0.717) is 12.2 Å². The van der Waals surface area contributed by atoms with Crippen LogP contribution in [-0.4, -0.2) is 29.6 Å². The molecule has 2 N–H and O–H groups in total. The monoisotopic (exact) mass is 357 g/mol. The number of amides is 1. The van der Waals surface area contributed by atoms with Gasteiger partial charge in [-0.3, -0.25) is 4.79 Å². The average molecular weight is 358 g/mol. The summed E-state index contributed by atoms with van der Waals surface area (Å²) in [7, 11) is 0. The maximum absolute atomic E-state index is 11.8. The van der Waals surface area contributed by atoms with Crippen LogP contribution in [-0.2, 0) is 9.59 Å². The Hall–Kier alpha value is -1.56. The molecular weight excluding hydrogens is 338 g/mol. The molecule has 0 aromatic heterocycles. The Morgan fingerprint density at radius 1 is 1.33 bits per heavy atom. The summed E-state index contributed by atoms with van der Waals surface area (Å²) < 4.78 is 6.38. The number of aliphatic carboxylic acids is 1. The van der Waals surface area contributed by atoms with Gasteiger partial charge in [0, 0.05) is 4.47 Å². The van der Waals surface area contributed by atoms with Gasteiger partial charge in [0.05, 0.1) is 13.0 Å². The van der Waals surface area contributed by atoms with E-state index in [1.165, 1.54) is 0 Å². The molecule has 0 radical (unpaired) electrons. The highest BCUT2D eigenvalue weighted by Crippen LogP contribution is 2.16. The molecule has 2 atom stereocenters. The zero-order valence-corrected chi connectivity index (χ0v) is 13.7. The van der Waals surface area contributed by atoms with Crippen LogP contribution < -0.4 is 10.1 Å². The Morgan fingerprint density at radius 2 is 1.95 bits per heavy atom. The molecule has 0 aliphatic carbocycles. The van der Waals surface area contributed by atoms with Gasteiger partial charge in [-0.15, -0.1) is 0 Å². The summed E-state index contributed by atoms with van der Waals surface area (Å²) >= 11 is 3.32. The molecule has 1 aromatic carbocycles. The third kappa shape index (κ3) is 6.16. The van der Waals surface area contributed by atoms with Crippen molar-refractivity contribution < 1.29 is 19.4 Å². The highest BCUT2D eigenvalue weighted by Gasteiger charge is 2.24. The van der Waals surface area contributed by atoms with Crippen LogP contribution in [0.2, 0.25) is 0 Å². The van der Waals surface area contributed by atoms with Crippen molar-refractivity contribution in [2.45, 2.75) is 32.7 Å². The summed E-state index contributed by atoms with van der Waals surface area (Å²) in [6, 6.07) is 6.43. The van der Waals surface area contributed by atoms with Crippen molar-refractivity contribution >= 4 is 27.8 Å². The number of carboxylic acids is 1. The number of carboxylic acid groups (broad SMARTS) is 1. The predicted octanol–water partition coefficient (Wildman–Crippen LogP) is 2.83. The van der Waals surface area contributed by atoms with E-state index in [-0.39, 0.29) is 24.9 Å². The van der Waals surface area contributed by atoms with Crippen LogP contribution in [0, 0.1) is 5.92 Å². The van der Waals surface area contributed by atoms with Crippen molar-refractivity contribution in [3.8, 4) is 5.75 Å². The molecule has 0 saturated heterocycles. The van der Waals surface area contributed by atoms with Crippen LogP contribution >= 0.6 is 15.9 Å². The molecule has 21 heavy (non-hydrogen) atoms. The van der Waals surface area contributed by atoms with Crippen LogP contribution in [0.15, 0.2) is 28.7 Å². The van der Waals surface area contributed by atoms with Gasteiger partial charge < -0.3 is 15.2 Å². The van der Waals surface area contributed by atoms with Crippen molar-refractivity contribution in [3.05, 3.63) is 28.7 Å². The van der Waals surface area contributed by atoms with Gasteiger partial charge in [0.2, 0.25) is 5.91 Å². The molecule has 6 heteroatoms. The topological polar surface area (TPSA) is 75.6 Å². The van der Waals surface area contributed by atoms with Gasteiger partial charge in [0.1, 0.15) is 11.8 Å². The molecule has 1 amide bonds. The molecule has 0 aliphatic rings. The number of rotatable bonds is 8. The predicted molar refractivity (Wildman–Crippen MR) is 83.3 cm³/mol. The Kier molecular flexibility index (Phi) is 7.22. The fourth-order valence-corrected chi connectivity index (χ4v) is 1.99. The molecular formula is C15H20BrNO4. The number of carbonyl (C=O) groups excluding carboxylic acids is 1. The maximum atomic E-state index is 11.8. The third-order valence-electron chi connectivity index (χ3n) is 3.21. The van der Waals surface area contributed by atoms with Gasteiger partial charge in [-0.2, -0.15) is 0 Å². The zero-order valence-electron chi connectivity index (χ0n) is 12.1. The number of hydrogen-bond donors (Lipinski definition) is 2.